The Kier molecular flexibility index (Phi) is 6.20. The molecule has 0 amide bonds. The molecule has 29 heavy (non-hydrogen) atoms. The Morgan fingerprint density at radius 2 is 1.90 bits per heavy atom. The molecule has 0 aliphatic rings. The number of hydrogen-bond acceptors (Lipinski definition) is 8. The Morgan fingerprint density at radius 3 is 2.55 bits per heavy atom. The standard InChI is InChI=1S/C18H13BrN4O5S/c19-14-6-8-17(28-29(26,27)16-4-2-1-3-5-16)13(10-14)11-21-22-18-9-7-15(12-20-18)23(24)25/h1-12H,(H,20,22)/b21-11-. The van der Waals surface area contributed by atoms with Crippen LogP contribution in [0.4, 0.5) is 11.5 Å². The van der Waals surface area contributed by atoms with E-state index in [0.717, 1.165) is 6.20 Å². The van der Waals surface area contributed by atoms with Crippen molar-refractivity contribution in [1.82, 2.24) is 4.98 Å². The number of nitrogens with zero attached hydrogens (tertiary/aromatic N) is 3. The molecule has 1 aromatic heterocycles. The fourth-order valence-electron chi connectivity index (χ4n) is 2.18. The molecule has 0 saturated carbocycles. The highest BCUT2D eigenvalue weighted by atomic mass is 79.9. The predicted octanol–water partition coefficient (Wildman–Crippen LogP) is 3.97. The van der Waals surface area contributed by atoms with E-state index in [0.29, 0.717) is 10.0 Å². The number of aromatic nitrogens is 1. The van der Waals surface area contributed by atoms with Gasteiger partial charge in [-0.2, -0.15) is 13.5 Å². The van der Waals surface area contributed by atoms with Gasteiger partial charge in [0, 0.05) is 16.1 Å². The van der Waals surface area contributed by atoms with Gasteiger partial charge in [0.05, 0.1) is 11.1 Å². The van der Waals surface area contributed by atoms with Crippen LogP contribution in [0.25, 0.3) is 0 Å². The Bertz CT molecular complexity index is 1150. The number of rotatable bonds is 7. The molecule has 11 heteroatoms. The second-order valence-corrected chi connectivity index (χ2v) is 8.02. The largest absolute Gasteiger partial charge is 0.378 e. The van der Waals surface area contributed by atoms with Gasteiger partial charge < -0.3 is 4.18 Å². The lowest BCUT2D eigenvalue weighted by atomic mass is 10.2. The van der Waals surface area contributed by atoms with Gasteiger partial charge in [-0.25, -0.2) is 4.98 Å². The zero-order valence-electron chi connectivity index (χ0n) is 14.6. The number of hydrazone groups is 1. The molecule has 0 bridgehead atoms. The summed E-state index contributed by atoms with van der Waals surface area (Å²) < 4.78 is 30.9. The van der Waals surface area contributed by atoms with Crippen molar-refractivity contribution in [2.45, 2.75) is 4.90 Å². The van der Waals surface area contributed by atoms with Gasteiger partial charge >= 0.3 is 10.1 Å². The van der Waals surface area contributed by atoms with Crippen molar-refractivity contribution >= 4 is 43.8 Å². The molecule has 148 valence electrons. The van der Waals surface area contributed by atoms with E-state index in [4.69, 9.17) is 4.18 Å². The van der Waals surface area contributed by atoms with Crippen molar-refractivity contribution in [3.05, 3.63) is 87.0 Å². The quantitative estimate of drug-likeness (QED) is 0.236. The molecule has 0 atom stereocenters. The molecule has 1 N–H and O–H groups in total. The summed E-state index contributed by atoms with van der Waals surface area (Å²) in [4.78, 5) is 14.0. The molecule has 2 aromatic carbocycles. The summed E-state index contributed by atoms with van der Waals surface area (Å²) in [6.45, 7) is 0. The molecule has 0 spiro atoms. The van der Waals surface area contributed by atoms with Gasteiger partial charge in [-0.1, -0.05) is 34.1 Å². The van der Waals surface area contributed by atoms with Crippen LogP contribution in [-0.4, -0.2) is 24.5 Å². The van der Waals surface area contributed by atoms with Crippen LogP contribution in [0.3, 0.4) is 0 Å². The first kappa shape index (κ1) is 20.4. The minimum atomic E-state index is -4.01. The van der Waals surface area contributed by atoms with Gasteiger partial charge in [0.25, 0.3) is 5.69 Å². The summed E-state index contributed by atoms with van der Waals surface area (Å²) in [6.07, 6.45) is 2.45. The lowest BCUT2D eigenvalue weighted by molar-refractivity contribution is -0.385. The van der Waals surface area contributed by atoms with Crippen molar-refractivity contribution in [1.29, 1.82) is 0 Å². The van der Waals surface area contributed by atoms with Crippen molar-refractivity contribution in [3.8, 4) is 5.75 Å². The van der Waals surface area contributed by atoms with Gasteiger partial charge in [0.15, 0.2) is 5.75 Å². The van der Waals surface area contributed by atoms with Gasteiger partial charge in [-0.3, -0.25) is 15.5 Å². The van der Waals surface area contributed by atoms with Crippen LogP contribution in [0.15, 0.2) is 81.3 Å². The predicted molar refractivity (Wildman–Crippen MR) is 111 cm³/mol. The van der Waals surface area contributed by atoms with Crippen molar-refractivity contribution in [3.63, 3.8) is 0 Å². The maximum Gasteiger partial charge on any atom is 0.339 e. The third-order valence-electron chi connectivity index (χ3n) is 3.54. The summed E-state index contributed by atoms with van der Waals surface area (Å²) in [5.41, 5.74) is 2.85. The summed E-state index contributed by atoms with van der Waals surface area (Å²) in [6, 6.07) is 15.2. The SMILES string of the molecule is O=[N+]([O-])c1ccc(N/N=C\c2cc(Br)ccc2OS(=O)(=O)c2ccccc2)nc1. The highest BCUT2D eigenvalue weighted by Crippen LogP contribution is 2.25. The van der Waals surface area contributed by atoms with Crippen LogP contribution < -0.4 is 9.61 Å². The van der Waals surface area contributed by atoms with E-state index in [1.54, 1.807) is 30.3 Å². The van der Waals surface area contributed by atoms with Crippen LogP contribution in [-0.2, 0) is 10.1 Å². The molecule has 3 rings (SSSR count). The second-order valence-electron chi connectivity index (χ2n) is 5.56. The minimum Gasteiger partial charge on any atom is -0.378 e. The number of hydrogen-bond donors (Lipinski definition) is 1. The fourth-order valence-corrected chi connectivity index (χ4v) is 3.53. The first-order valence-corrected chi connectivity index (χ1v) is 10.2. The maximum atomic E-state index is 12.5. The van der Waals surface area contributed by atoms with E-state index in [-0.39, 0.29) is 22.2 Å². The monoisotopic (exact) mass is 476 g/mol. The zero-order chi connectivity index (χ0) is 20.9. The highest BCUT2D eigenvalue weighted by molar-refractivity contribution is 9.10. The summed E-state index contributed by atoms with van der Waals surface area (Å²) in [5, 5.41) is 14.6. The zero-order valence-corrected chi connectivity index (χ0v) is 17.0. The Morgan fingerprint density at radius 1 is 1.14 bits per heavy atom. The van der Waals surface area contributed by atoms with Gasteiger partial charge in [0.2, 0.25) is 0 Å². The lowest BCUT2D eigenvalue weighted by Crippen LogP contribution is -2.11. The molecule has 3 aromatic rings. The van der Waals surface area contributed by atoms with E-state index in [9.17, 15) is 18.5 Å². The van der Waals surface area contributed by atoms with Gasteiger partial charge in [-0.15, -0.1) is 0 Å². The Labute approximate surface area is 174 Å². The van der Waals surface area contributed by atoms with E-state index in [2.05, 4.69) is 31.4 Å². The molecular weight excluding hydrogens is 464 g/mol. The van der Waals surface area contributed by atoms with Crippen LogP contribution in [0, 0.1) is 10.1 Å². The topological polar surface area (TPSA) is 124 Å². The molecule has 0 radical (unpaired) electrons. The van der Waals surface area contributed by atoms with Crippen LogP contribution in [0.5, 0.6) is 5.75 Å². The number of anilines is 1. The molecule has 0 aliphatic heterocycles. The minimum absolute atomic E-state index is 0.0269. The first-order valence-electron chi connectivity index (χ1n) is 8.04. The van der Waals surface area contributed by atoms with Crippen molar-refractivity contribution in [2.75, 3.05) is 5.43 Å². The average molecular weight is 477 g/mol. The number of nitrogens with one attached hydrogen (secondary N) is 1. The van der Waals surface area contributed by atoms with E-state index in [1.165, 1.54) is 36.5 Å². The molecule has 1 heterocycles. The van der Waals surface area contributed by atoms with Crippen LogP contribution >= 0.6 is 15.9 Å². The summed E-state index contributed by atoms with van der Waals surface area (Å²) in [5.74, 6) is 0.362. The summed E-state index contributed by atoms with van der Waals surface area (Å²) in [7, 11) is -4.01. The highest BCUT2D eigenvalue weighted by Gasteiger charge is 2.18. The lowest BCUT2D eigenvalue weighted by Gasteiger charge is -2.10. The number of nitro groups is 1. The van der Waals surface area contributed by atoms with E-state index >= 15 is 0 Å². The van der Waals surface area contributed by atoms with Crippen LogP contribution in [0.1, 0.15) is 5.56 Å². The number of pyridine rings is 1. The molecule has 9 nitrogen and oxygen atoms in total. The maximum absolute atomic E-state index is 12.5. The van der Waals surface area contributed by atoms with E-state index in [1.807, 2.05) is 0 Å². The molecule has 0 unspecified atom stereocenters. The van der Waals surface area contributed by atoms with E-state index < -0.39 is 15.0 Å². The number of halogens is 1. The fraction of sp³-hybridized carbons (Fsp3) is 0. The average Bonchev–Trinajstić information content (AvgIpc) is 2.71. The van der Waals surface area contributed by atoms with Gasteiger partial charge in [-0.05, 0) is 36.4 Å². The van der Waals surface area contributed by atoms with Crippen LogP contribution in [0.2, 0.25) is 0 Å². The van der Waals surface area contributed by atoms with Crippen molar-refractivity contribution < 1.29 is 17.5 Å². The normalized spacial score (nSPS) is 11.3. The summed E-state index contributed by atoms with van der Waals surface area (Å²) >= 11 is 3.32. The molecule has 0 saturated heterocycles. The first-order chi connectivity index (χ1) is 13.8. The Hall–Kier alpha value is -3.31. The molecular formula is C18H13BrN4O5S. The van der Waals surface area contributed by atoms with Crippen molar-refractivity contribution in [2.24, 2.45) is 5.10 Å². The third kappa shape index (κ3) is 5.36. The molecule has 0 aliphatic carbocycles. The third-order valence-corrected chi connectivity index (χ3v) is 5.29. The molecule has 0 fully saturated rings. The second kappa shape index (κ2) is 8.80. The Balaban J connectivity index is 1.80. The van der Waals surface area contributed by atoms with Gasteiger partial charge in [0.1, 0.15) is 16.9 Å². The number of benzene rings is 2. The smallest absolute Gasteiger partial charge is 0.339 e.